The van der Waals surface area contributed by atoms with Crippen LogP contribution in [0.5, 0.6) is 0 Å². The Balaban J connectivity index is 2.45. The highest BCUT2D eigenvalue weighted by atomic mass is 16.5. The Morgan fingerprint density at radius 3 is 2.55 bits per heavy atom. The Kier molecular flexibility index (Phi) is 2.92. The molecule has 1 rings (SSSR count). The smallest absolute Gasteiger partial charge is 0.0952 e. The highest BCUT2D eigenvalue weighted by Crippen LogP contribution is 2.35. The molecule has 0 aliphatic heterocycles. The van der Waals surface area contributed by atoms with Gasteiger partial charge >= 0.3 is 0 Å². The molecule has 0 aromatic rings. The van der Waals surface area contributed by atoms with E-state index in [1.807, 2.05) is 7.05 Å². The minimum atomic E-state index is 0.0764. The van der Waals surface area contributed by atoms with Crippen LogP contribution in [0.4, 0.5) is 0 Å². The number of nitrogens with one attached hydrogen (secondary N) is 1. The van der Waals surface area contributed by atoms with Gasteiger partial charge in [-0.1, -0.05) is 5.92 Å². The third-order valence-electron chi connectivity index (χ3n) is 2.18. The number of hydrogen-bond donors (Lipinski definition) is 1. The van der Waals surface area contributed by atoms with Crippen LogP contribution >= 0.6 is 0 Å². The number of methoxy groups -OCH3 is 1. The highest BCUT2D eigenvalue weighted by Gasteiger charge is 2.35. The van der Waals surface area contributed by atoms with Crippen LogP contribution in [-0.2, 0) is 4.74 Å². The number of ether oxygens (including phenoxy) is 1. The van der Waals surface area contributed by atoms with Gasteiger partial charge in [-0.25, -0.2) is 0 Å². The van der Waals surface area contributed by atoms with Gasteiger partial charge < -0.3 is 10.1 Å². The predicted molar refractivity (Wildman–Crippen MR) is 45.2 cm³/mol. The average Bonchev–Trinajstić information content (AvgIpc) is 2.82. The van der Waals surface area contributed by atoms with Crippen LogP contribution < -0.4 is 5.32 Å². The molecule has 0 saturated heterocycles. The predicted octanol–water partition coefficient (Wildman–Crippen LogP) is 0.633. The van der Waals surface area contributed by atoms with Crippen molar-refractivity contribution in [1.29, 1.82) is 0 Å². The van der Waals surface area contributed by atoms with Crippen LogP contribution in [0.25, 0.3) is 0 Å². The fraction of sp³-hybridized carbons (Fsp3) is 0.778. The van der Waals surface area contributed by atoms with Gasteiger partial charge in [-0.05, 0) is 25.8 Å². The van der Waals surface area contributed by atoms with Crippen molar-refractivity contribution >= 4 is 0 Å². The highest BCUT2D eigenvalue weighted by molar-refractivity contribution is 5.06. The zero-order valence-electron chi connectivity index (χ0n) is 7.13. The van der Waals surface area contributed by atoms with Crippen molar-refractivity contribution in [1.82, 2.24) is 5.32 Å². The summed E-state index contributed by atoms with van der Waals surface area (Å²) in [6, 6.07) is 0.0764. The molecule has 0 radical (unpaired) electrons. The van der Waals surface area contributed by atoms with E-state index in [0.29, 0.717) is 5.92 Å². The lowest BCUT2D eigenvalue weighted by Gasteiger charge is -2.20. The summed E-state index contributed by atoms with van der Waals surface area (Å²) in [5.41, 5.74) is 0. The van der Waals surface area contributed by atoms with Gasteiger partial charge in [0.05, 0.1) is 12.1 Å². The lowest BCUT2D eigenvalue weighted by molar-refractivity contribution is 0.0689. The average molecular weight is 153 g/mol. The van der Waals surface area contributed by atoms with Crippen molar-refractivity contribution in [3.8, 4) is 12.3 Å². The number of hydrogen-bond acceptors (Lipinski definition) is 2. The first kappa shape index (κ1) is 8.58. The molecule has 0 heterocycles. The topological polar surface area (TPSA) is 21.3 Å². The first-order chi connectivity index (χ1) is 5.33. The van der Waals surface area contributed by atoms with E-state index in [0.717, 1.165) is 0 Å². The van der Waals surface area contributed by atoms with Crippen molar-refractivity contribution in [3.05, 3.63) is 0 Å². The van der Waals surface area contributed by atoms with Gasteiger partial charge in [0.1, 0.15) is 0 Å². The Labute approximate surface area is 68.3 Å². The Morgan fingerprint density at radius 1 is 1.64 bits per heavy atom. The molecule has 2 atom stereocenters. The number of rotatable bonds is 4. The molecule has 0 aromatic heterocycles. The summed E-state index contributed by atoms with van der Waals surface area (Å²) in [7, 11) is 3.60. The fourth-order valence-electron chi connectivity index (χ4n) is 1.37. The second-order valence-electron chi connectivity index (χ2n) is 2.97. The molecule has 2 unspecified atom stereocenters. The molecule has 1 fully saturated rings. The molecule has 2 heteroatoms. The maximum atomic E-state index is 5.33. The monoisotopic (exact) mass is 153 g/mol. The molecule has 1 aliphatic rings. The molecule has 1 aliphatic carbocycles. The van der Waals surface area contributed by atoms with Crippen molar-refractivity contribution in [2.45, 2.75) is 25.0 Å². The molecule has 2 nitrogen and oxygen atoms in total. The van der Waals surface area contributed by atoms with Gasteiger partial charge in [0, 0.05) is 7.11 Å². The van der Waals surface area contributed by atoms with E-state index in [1.54, 1.807) is 7.11 Å². The molecule has 1 saturated carbocycles. The van der Waals surface area contributed by atoms with Gasteiger partial charge in [-0.3, -0.25) is 0 Å². The van der Waals surface area contributed by atoms with Crippen molar-refractivity contribution in [2.75, 3.05) is 14.2 Å². The van der Waals surface area contributed by atoms with Gasteiger partial charge in [0.15, 0.2) is 0 Å². The molecule has 0 amide bonds. The van der Waals surface area contributed by atoms with Crippen LogP contribution in [0, 0.1) is 18.3 Å². The number of likely N-dealkylation sites (N-methyl/N-ethyl adjacent to an activating group) is 1. The fourth-order valence-corrected chi connectivity index (χ4v) is 1.37. The zero-order valence-corrected chi connectivity index (χ0v) is 7.13. The number of terminal acetylenes is 1. The Bertz CT molecular complexity index is 157. The summed E-state index contributed by atoms with van der Waals surface area (Å²) in [4.78, 5) is 0. The first-order valence-electron chi connectivity index (χ1n) is 3.99. The Morgan fingerprint density at radius 2 is 2.27 bits per heavy atom. The molecule has 11 heavy (non-hydrogen) atoms. The quantitative estimate of drug-likeness (QED) is 0.598. The van der Waals surface area contributed by atoms with Crippen LogP contribution in [0.15, 0.2) is 0 Å². The van der Waals surface area contributed by atoms with E-state index in [1.165, 1.54) is 12.8 Å². The lowest BCUT2D eigenvalue weighted by Crippen LogP contribution is -2.38. The molecule has 0 aromatic carbocycles. The molecular weight excluding hydrogens is 138 g/mol. The molecule has 0 bridgehead atoms. The van der Waals surface area contributed by atoms with Crippen LogP contribution in [0.2, 0.25) is 0 Å². The van der Waals surface area contributed by atoms with E-state index >= 15 is 0 Å². The minimum Gasteiger partial charge on any atom is -0.379 e. The Hall–Kier alpha value is -0.520. The maximum Gasteiger partial charge on any atom is 0.0952 e. The van der Waals surface area contributed by atoms with Gasteiger partial charge in [0.2, 0.25) is 0 Å². The van der Waals surface area contributed by atoms with E-state index in [9.17, 15) is 0 Å². The zero-order chi connectivity index (χ0) is 8.27. The molecule has 62 valence electrons. The van der Waals surface area contributed by atoms with E-state index in [-0.39, 0.29) is 12.1 Å². The summed E-state index contributed by atoms with van der Waals surface area (Å²) >= 11 is 0. The molecule has 1 N–H and O–H groups in total. The third kappa shape index (κ3) is 1.95. The maximum absolute atomic E-state index is 5.33. The largest absolute Gasteiger partial charge is 0.379 e. The summed E-state index contributed by atoms with van der Waals surface area (Å²) in [5.74, 6) is 3.38. The van der Waals surface area contributed by atoms with Crippen molar-refractivity contribution in [2.24, 2.45) is 5.92 Å². The second kappa shape index (κ2) is 3.75. The minimum absolute atomic E-state index is 0.0764. The lowest BCUT2D eigenvalue weighted by atomic mass is 10.1. The molecule has 0 spiro atoms. The summed E-state index contributed by atoms with van der Waals surface area (Å²) < 4.78 is 5.31. The SMILES string of the molecule is C#CC(NC)C(OC)C1CC1. The van der Waals surface area contributed by atoms with E-state index < -0.39 is 0 Å². The van der Waals surface area contributed by atoms with Crippen LogP contribution in [-0.4, -0.2) is 26.3 Å². The van der Waals surface area contributed by atoms with Crippen molar-refractivity contribution in [3.63, 3.8) is 0 Å². The third-order valence-corrected chi connectivity index (χ3v) is 2.18. The van der Waals surface area contributed by atoms with E-state index in [4.69, 9.17) is 11.2 Å². The summed E-state index contributed by atoms with van der Waals surface area (Å²) in [6.45, 7) is 0. The van der Waals surface area contributed by atoms with Gasteiger partial charge in [0.25, 0.3) is 0 Å². The normalized spacial score (nSPS) is 22.3. The second-order valence-corrected chi connectivity index (χ2v) is 2.97. The molecular formula is C9H15NO. The summed E-state index contributed by atoms with van der Waals surface area (Å²) in [6.07, 6.45) is 8.07. The van der Waals surface area contributed by atoms with Crippen LogP contribution in [0.1, 0.15) is 12.8 Å². The standard InChI is InChI=1S/C9H15NO/c1-4-8(10-2)9(11-3)7-5-6-7/h1,7-10H,5-6H2,2-3H3. The van der Waals surface area contributed by atoms with Gasteiger partial charge in [-0.15, -0.1) is 6.42 Å². The summed E-state index contributed by atoms with van der Waals surface area (Å²) in [5, 5.41) is 3.06. The van der Waals surface area contributed by atoms with Crippen molar-refractivity contribution < 1.29 is 4.74 Å². The first-order valence-corrected chi connectivity index (χ1v) is 3.99. The van der Waals surface area contributed by atoms with Gasteiger partial charge in [-0.2, -0.15) is 0 Å². The van der Waals surface area contributed by atoms with Crippen LogP contribution in [0.3, 0.4) is 0 Å². The van der Waals surface area contributed by atoms with E-state index in [2.05, 4.69) is 11.2 Å².